The lowest BCUT2D eigenvalue weighted by Gasteiger charge is -2.37. The highest BCUT2D eigenvalue weighted by atomic mass is 16.6. The summed E-state index contributed by atoms with van der Waals surface area (Å²) in [6.45, 7) is 7.52. The predicted octanol–water partition coefficient (Wildman–Crippen LogP) is 6.04. The molecule has 2 atom stereocenters. The second-order valence-corrected chi connectivity index (χ2v) is 10.3. The summed E-state index contributed by atoms with van der Waals surface area (Å²) in [7, 11) is 0. The third-order valence-corrected chi connectivity index (χ3v) is 7.41. The Morgan fingerprint density at radius 1 is 0.944 bits per heavy atom. The van der Waals surface area contributed by atoms with Gasteiger partial charge in [0, 0.05) is 36.0 Å². The number of hydrogen-bond donors (Lipinski definition) is 1. The zero-order valence-electron chi connectivity index (χ0n) is 20.3. The summed E-state index contributed by atoms with van der Waals surface area (Å²) in [6.07, 6.45) is 1.20. The van der Waals surface area contributed by atoms with Crippen LogP contribution in [0.2, 0.25) is 0 Å². The third-order valence-electron chi connectivity index (χ3n) is 7.41. The number of anilines is 3. The minimum Gasteiger partial charge on any atom is -0.486 e. The van der Waals surface area contributed by atoms with Gasteiger partial charge in [0.25, 0.3) is 0 Å². The number of benzene rings is 3. The molecule has 36 heavy (non-hydrogen) atoms. The summed E-state index contributed by atoms with van der Waals surface area (Å²) in [5.74, 6) is 3.19. The van der Waals surface area contributed by atoms with Gasteiger partial charge in [-0.2, -0.15) is 0 Å². The Morgan fingerprint density at radius 2 is 1.69 bits per heavy atom. The minimum absolute atomic E-state index is 0.0294. The summed E-state index contributed by atoms with van der Waals surface area (Å²) in [5, 5.41) is 8.83. The van der Waals surface area contributed by atoms with Gasteiger partial charge in [-0.1, -0.05) is 43.3 Å². The average molecular weight is 482 g/mol. The van der Waals surface area contributed by atoms with Crippen molar-refractivity contribution in [1.82, 2.24) is 5.16 Å². The Morgan fingerprint density at radius 3 is 2.50 bits per heavy atom. The van der Waals surface area contributed by atoms with E-state index >= 15 is 0 Å². The molecule has 1 N–H and O–H groups in total. The number of piperidine rings is 1. The number of hydrogen-bond acceptors (Lipinski definition) is 7. The topological polar surface area (TPSA) is 76.8 Å². The standard InChI is InChI=1S/C29H27N3O4/c1-16-11-17(2)15-32(14-16)22-13-21(30-18-7-8-23-24(12-18)35-10-9-34-23)25-26-27(22)31-36-29(26)20-6-4-3-5-19(20)28(25)33/h3-8,12-13,16-17,30H,9-11,14-15H2,1-2H3. The molecule has 0 saturated carbocycles. The van der Waals surface area contributed by atoms with Gasteiger partial charge in [-0.3, -0.25) is 4.79 Å². The third kappa shape index (κ3) is 3.26. The Bertz CT molecular complexity index is 1510. The zero-order valence-corrected chi connectivity index (χ0v) is 20.3. The fourth-order valence-corrected chi connectivity index (χ4v) is 6.02. The molecule has 1 aliphatic carbocycles. The summed E-state index contributed by atoms with van der Waals surface area (Å²) < 4.78 is 17.4. The lowest BCUT2D eigenvalue weighted by Crippen LogP contribution is -2.39. The summed E-state index contributed by atoms with van der Waals surface area (Å²) in [5.41, 5.74) is 5.32. The van der Waals surface area contributed by atoms with Crippen molar-refractivity contribution < 1.29 is 18.8 Å². The summed E-state index contributed by atoms with van der Waals surface area (Å²) in [4.78, 5) is 16.3. The van der Waals surface area contributed by atoms with Crippen molar-refractivity contribution in [1.29, 1.82) is 0 Å². The molecule has 7 nitrogen and oxygen atoms in total. The molecular weight excluding hydrogens is 454 g/mol. The summed E-state index contributed by atoms with van der Waals surface area (Å²) in [6, 6.07) is 15.4. The number of nitrogens with zero attached hydrogens (tertiary/aromatic N) is 2. The van der Waals surface area contributed by atoms with Crippen LogP contribution in [0, 0.1) is 11.8 Å². The molecule has 1 saturated heterocycles. The van der Waals surface area contributed by atoms with E-state index in [1.54, 1.807) is 0 Å². The first-order valence-electron chi connectivity index (χ1n) is 12.6. The molecule has 3 heterocycles. The van der Waals surface area contributed by atoms with E-state index in [4.69, 9.17) is 14.0 Å². The maximum absolute atomic E-state index is 13.9. The van der Waals surface area contributed by atoms with Crippen LogP contribution < -0.4 is 19.7 Å². The SMILES string of the molecule is CC1CC(C)CN(c2cc(Nc3ccc4c(c3)OCCO4)c3c4c(onc24)-c2ccccc2C3=O)C1. The molecular formula is C29H27N3O4. The highest BCUT2D eigenvalue weighted by Gasteiger charge is 2.35. The van der Waals surface area contributed by atoms with Gasteiger partial charge in [-0.25, -0.2) is 0 Å². The number of ketones is 1. The van der Waals surface area contributed by atoms with E-state index in [0.29, 0.717) is 47.7 Å². The van der Waals surface area contributed by atoms with Crippen molar-refractivity contribution in [2.75, 3.05) is 36.5 Å². The van der Waals surface area contributed by atoms with Gasteiger partial charge in [0.2, 0.25) is 0 Å². The van der Waals surface area contributed by atoms with Crippen molar-refractivity contribution in [3.63, 3.8) is 0 Å². The molecule has 0 radical (unpaired) electrons. The predicted molar refractivity (Wildman–Crippen MR) is 139 cm³/mol. The first-order chi connectivity index (χ1) is 17.6. The number of rotatable bonds is 3. The monoisotopic (exact) mass is 481 g/mol. The van der Waals surface area contributed by atoms with Crippen LogP contribution in [-0.4, -0.2) is 37.2 Å². The van der Waals surface area contributed by atoms with Crippen LogP contribution in [0.1, 0.15) is 36.2 Å². The fourth-order valence-electron chi connectivity index (χ4n) is 6.02. The van der Waals surface area contributed by atoms with Crippen molar-refractivity contribution in [3.8, 4) is 22.8 Å². The highest BCUT2D eigenvalue weighted by Crippen LogP contribution is 2.47. The number of carbonyl (C=O) groups is 1. The summed E-state index contributed by atoms with van der Waals surface area (Å²) >= 11 is 0. The molecule has 3 aromatic carbocycles. The molecule has 1 fully saturated rings. The van der Waals surface area contributed by atoms with Gasteiger partial charge in [0.15, 0.2) is 23.0 Å². The largest absolute Gasteiger partial charge is 0.486 e. The second-order valence-electron chi connectivity index (χ2n) is 10.3. The lowest BCUT2D eigenvalue weighted by atomic mass is 9.85. The lowest BCUT2D eigenvalue weighted by molar-refractivity contribution is 0.104. The molecule has 2 aliphatic heterocycles. The van der Waals surface area contributed by atoms with Crippen LogP contribution >= 0.6 is 0 Å². The highest BCUT2D eigenvalue weighted by molar-refractivity contribution is 6.28. The van der Waals surface area contributed by atoms with Gasteiger partial charge in [0.05, 0.1) is 22.3 Å². The quantitative estimate of drug-likeness (QED) is 0.337. The molecule has 0 bridgehead atoms. The van der Waals surface area contributed by atoms with Crippen molar-refractivity contribution in [3.05, 3.63) is 59.7 Å². The van der Waals surface area contributed by atoms with Crippen molar-refractivity contribution in [2.45, 2.75) is 20.3 Å². The molecule has 2 unspecified atom stereocenters. The van der Waals surface area contributed by atoms with Crippen LogP contribution in [-0.2, 0) is 0 Å². The number of carbonyl (C=O) groups excluding carboxylic acids is 1. The first-order valence-corrected chi connectivity index (χ1v) is 12.6. The molecule has 3 aliphatic rings. The van der Waals surface area contributed by atoms with Gasteiger partial charge in [-0.15, -0.1) is 0 Å². The molecule has 7 heteroatoms. The molecule has 4 aromatic rings. The van der Waals surface area contributed by atoms with Crippen LogP contribution in [0.5, 0.6) is 11.5 Å². The van der Waals surface area contributed by atoms with Crippen molar-refractivity contribution in [2.24, 2.45) is 11.8 Å². The van der Waals surface area contributed by atoms with E-state index < -0.39 is 0 Å². The Kier molecular flexibility index (Phi) is 4.74. The van der Waals surface area contributed by atoms with E-state index in [-0.39, 0.29) is 5.78 Å². The van der Waals surface area contributed by atoms with Gasteiger partial charge in [0.1, 0.15) is 18.7 Å². The Balaban J connectivity index is 1.43. The van der Waals surface area contributed by atoms with E-state index in [1.165, 1.54) is 6.42 Å². The number of nitrogens with one attached hydrogen (secondary N) is 1. The van der Waals surface area contributed by atoms with Gasteiger partial charge in [-0.05, 0) is 36.5 Å². The van der Waals surface area contributed by atoms with Gasteiger partial charge >= 0.3 is 0 Å². The van der Waals surface area contributed by atoms with Crippen molar-refractivity contribution >= 4 is 33.7 Å². The molecule has 182 valence electrons. The second kappa shape index (κ2) is 8.01. The smallest absolute Gasteiger partial charge is 0.196 e. The normalized spacial score (nSPS) is 20.4. The fraction of sp³-hybridized carbons (Fsp3) is 0.310. The zero-order chi connectivity index (χ0) is 24.4. The maximum atomic E-state index is 13.9. The van der Waals surface area contributed by atoms with Crippen LogP contribution in [0.4, 0.5) is 17.1 Å². The molecule has 0 amide bonds. The molecule has 0 spiro atoms. The number of ether oxygens (including phenoxy) is 2. The van der Waals surface area contributed by atoms with E-state index in [9.17, 15) is 4.79 Å². The van der Waals surface area contributed by atoms with E-state index in [1.807, 2.05) is 42.5 Å². The van der Waals surface area contributed by atoms with E-state index in [0.717, 1.165) is 52.4 Å². The maximum Gasteiger partial charge on any atom is 0.196 e. The Labute approximate surface area is 209 Å². The Hall–Kier alpha value is -4.00. The van der Waals surface area contributed by atoms with Crippen LogP contribution in [0.25, 0.3) is 22.2 Å². The molecule has 7 rings (SSSR count). The first kappa shape index (κ1) is 21.3. The van der Waals surface area contributed by atoms with Gasteiger partial charge < -0.3 is 24.2 Å². The number of fused-ring (bicyclic) bond motifs is 3. The average Bonchev–Trinajstić information content (AvgIpc) is 3.32. The minimum atomic E-state index is -0.0294. The van der Waals surface area contributed by atoms with Crippen LogP contribution in [0.15, 0.2) is 53.1 Å². The molecule has 1 aromatic heterocycles. The van der Waals surface area contributed by atoms with Crippen LogP contribution in [0.3, 0.4) is 0 Å². The number of aromatic nitrogens is 1. The van der Waals surface area contributed by atoms with E-state index in [2.05, 4.69) is 35.3 Å².